The van der Waals surface area contributed by atoms with Crippen LogP contribution in [0.25, 0.3) is 0 Å². The summed E-state index contributed by atoms with van der Waals surface area (Å²) in [6.45, 7) is 9.27. The van der Waals surface area contributed by atoms with Crippen LogP contribution in [0.3, 0.4) is 0 Å². The van der Waals surface area contributed by atoms with Gasteiger partial charge in [-0.3, -0.25) is 14.9 Å². The third kappa shape index (κ3) is 4.52. The summed E-state index contributed by atoms with van der Waals surface area (Å²) in [5.74, 6) is -0.161. The molecule has 2 aliphatic rings. The summed E-state index contributed by atoms with van der Waals surface area (Å²) in [6, 6.07) is 5.86. The summed E-state index contributed by atoms with van der Waals surface area (Å²) in [6.07, 6.45) is -3.18. The predicted octanol–water partition coefficient (Wildman–Crippen LogP) is 4.46. The third-order valence-electron chi connectivity index (χ3n) is 6.74. The second kappa shape index (κ2) is 8.22. The first kappa shape index (κ1) is 22.3. The Hall–Kier alpha value is -1.90. The SMILES string of the molecule is CC(C)(C)N1CCc2[nH]nc(C(O)N3CCC(c4ccccc4C(F)(F)F)CC3)c2C1. The number of fused-ring (bicyclic) bond motifs is 1. The van der Waals surface area contributed by atoms with Gasteiger partial charge in [0.1, 0.15) is 5.69 Å². The maximum absolute atomic E-state index is 13.4. The topological polar surface area (TPSA) is 55.4 Å². The summed E-state index contributed by atoms with van der Waals surface area (Å²) in [7, 11) is 0. The molecule has 2 N–H and O–H groups in total. The van der Waals surface area contributed by atoms with Crippen molar-refractivity contribution in [3.8, 4) is 0 Å². The zero-order valence-corrected chi connectivity index (χ0v) is 18.3. The fraction of sp³-hybridized carbons (Fsp3) is 0.609. The zero-order valence-electron chi connectivity index (χ0n) is 18.3. The highest BCUT2D eigenvalue weighted by Crippen LogP contribution is 2.40. The molecule has 31 heavy (non-hydrogen) atoms. The number of rotatable bonds is 3. The van der Waals surface area contributed by atoms with E-state index in [1.54, 1.807) is 12.1 Å². The molecule has 2 aliphatic heterocycles. The molecule has 0 amide bonds. The molecule has 4 rings (SSSR count). The normalized spacial score (nSPS) is 20.6. The predicted molar refractivity (Wildman–Crippen MR) is 112 cm³/mol. The fourth-order valence-electron chi connectivity index (χ4n) is 4.84. The van der Waals surface area contributed by atoms with Crippen molar-refractivity contribution >= 4 is 0 Å². The summed E-state index contributed by atoms with van der Waals surface area (Å²) in [5, 5.41) is 18.6. The summed E-state index contributed by atoms with van der Waals surface area (Å²) in [4.78, 5) is 4.31. The number of hydrogen-bond donors (Lipinski definition) is 2. The third-order valence-corrected chi connectivity index (χ3v) is 6.74. The smallest absolute Gasteiger partial charge is 0.372 e. The lowest BCUT2D eigenvalue weighted by atomic mass is 9.86. The number of likely N-dealkylation sites (tertiary alicyclic amines) is 1. The van der Waals surface area contributed by atoms with E-state index in [1.165, 1.54) is 6.07 Å². The fourth-order valence-corrected chi connectivity index (χ4v) is 4.84. The van der Waals surface area contributed by atoms with Gasteiger partial charge in [0.2, 0.25) is 0 Å². The lowest BCUT2D eigenvalue weighted by Gasteiger charge is -2.39. The molecule has 5 nitrogen and oxygen atoms in total. The molecule has 1 fully saturated rings. The van der Waals surface area contributed by atoms with Gasteiger partial charge < -0.3 is 5.11 Å². The molecule has 0 saturated carbocycles. The first-order valence-electron chi connectivity index (χ1n) is 10.9. The van der Waals surface area contributed by atoms with Crippen molar-refractivity contribution in [2.24, 2.45) is 0 Å². The Kier molecular flexibility index (Phi) is 5.91. The quantitative estimate of drug-likeness (QED) is 0.746. The largest absolute Gasteiger partial charge is 0.416 e. The lowest BCUT2D eigenvalue weighted by Crippen LogP contribution is -2.44. The minimum absolute atomic E-state index is 0.0292. The summed E-state index contributed by atoms with van der Waals surface area (Å²) in [5.41, 5.74) is 2.63. The number of aliphatic hydroxyl groups excluding tert-OH is 1. The van der Waals surface area contributed by atoms with Gasteiger partial charge in [-0.15, -0.1) is 0 Å². The van der Waals surface area contributed by atoms with E-state index in [0.29, 0.717) is 37.2 Å². The van der Waals surface area contributed by atoms with Gasteiger partial charge in [-0.2, -0.15) is 18.3 Å². The Balaban J connectivity index is 1.46. The van der Waals surface area contributed by atoms with Crippen molar-refractivity contribution < 1.29 is 18.3 Å². The van der Waals surface area contributed by atoms with Gasteiger partial charge in [0.15, 0.2) is 6.23 Å². The van der Waals surface area contributed by atoms with Crippen LogP contribution >= 0.6 is 0 Å². The van der Waals surface area contributed by atoms with Gasteiger partial charge in [0.25, 0.3) is 0 Å². The van der Waals surface area contributed by atoms with Crippen LogP contribution < -0.4 is 0 Å². The van der Waals surface area contributed by atoms with Gasteiger partial charge in [0.05, 0.1) is 5.56 Å². The number of aromatic nitrogens is 2. The lowest BCUT2D eigenvalue weighted by molar-refractivity contribution is -0.138. The van der Waals surface area contributed by atoms with E-state index < -0.39 is 18.0 Å². The van der Waals surface area contributed by atoms with Crippen LogP contribution in [0.5, 0.6) is 0 Å². The zero-order chi connectivity index (χ0) is 22.4. The van der Waals surface area contributed by atoms with Gasteiger partial charge in [0, 0.05) is 49.4 Å². The first-order valence-corrected chi connectivity index (χ1v) is 10.9. The second-order valence-corrected chi connectivity index (χ2v) is 9.68. The average molecular weight is 437 g/mol. The highest BCUT2D eigenvalue weighted by atomic mass is 19.4. The molecule has 8 heteroatoms. The molecular formula is C23H31F3N4O. The molecule has 1 aromatic carbocycles. The molecule has 2 aromatic rings. The Morgan fingerprint density at radius 2 is 1.77 bits per heavy atom. The molecule has 170 valence electrons. The van der Waals surface area contributed by atoms with Gasteiger partial charge in [-0.1, -0.05) is 18.2 Å². The van der Waals surface area contributed by atoms with Crippen LogP contribution in [0.1, 0.15) is 73.8 Å². The number of benzene rings is 1. The maximum atomic E-state index is 13.4. The molecule has 0 bridgehead atoms. The van der Waals surface area contributed by atoms with Crippen LogP contribution in [0.4, 0.5) is 13.2 Å². The number of aromatic amines is 1. The number of aliphatic hydroxyl groups is 1. The van der Waals surface area contributed by atoms with Gasteiger partial charge in [-0.05, 0) is 51.2 Å². The Morgan fingerprint density at radius 3 is 2.42 bits per heavy atom. The van der Waals surface area contributed by atoms with Crippen molar-refractivity contribution in [2.75, 3.05) is 19.6 Å². The van der Waals surface area contributed by atoms with Crippen LogP contribution in [0.15, 0.2) is 24.3 Å². The molecule has 1 aromatic heterocycles. The van der Waals surface area contributed by atoms with E-state index in [1.807, 2.05) is 4.90 Å². The Morgan fingerprint density at radius 1 is 1.10 bits per heavy atom. The minimum Gasteiger partial charge on any atom is -0.372 e. The van der Waals surface area contributed by atoms with E-state index in [4.69, 9.17) is 0 Å². The van der Waals surface area contributed by atoms with E-state index in [2.05, 4.69) is 35.9 Å². The van der Waals surface area contributed by atoms with Crippen molar-refractivity contribution in [3.05, 3.63) is 52.3 Å². The van der Waals surface area contributed by atoms with E-state index >= 15 is 0 Å². The minimum atomic E-state index is -4.35. The Labute approximate surface area is 181 Å². The second-order valence-electron chi connectivity index (χ2n) is 9.68. The van der Waals surface area contributed by atoms with Gasteiger partial charge >= 0.3 is 6.18 Å². The number of nitrogens with one attached hydrogen (secondary N) is 1. The number of halogens is 3. The standard InChI is InChI=1S/C23H31F3N4O/c1-22(2,3)30-13-10-19-17(14-30)20(28-27-19)21(31)29-11-8-15(9-12-29)16-6-4-5-7-18(16)23(24,25)26/h4-7,15,21,31H,8-14H2,1-3H3,(H,27,28). The number of hydrogen-bond acceptors (Lipinski definition) is 4. The molecule has 1 atom stereocenters. The van der Waals surface area contributed by atoms with Crippen LogP contribution in [-0.4, -0.2) is 50.3 Å². The van der Waals surface area contributed by atoms with Crippen molar-refractivity contribution in [2.45, 2.75) is 70.4 Å². The van der Waals surface area contributed by atoms with Crippen LogP contribution in [-0.2, 0) is 19.1 Å². The molecule has 0 spiro atoms. The number of nitrogens with zero attached hydrogens (tertiary/aromatic N) is 3. The molecule has 3 heterocycles. The molecule has 1 saturated heterocycles. The van der Waals surface area contributed by atoms with Gasteiger partial charge in [-0.25, -0.2) is 0 Å². The van der Waals surface area contributed by atoms with Crippen LogP contribution in [0.2, 0.25) is 0 Å². The van der Waals surface area contributed by atoms with Crippen molar-refractivity contribution in [1.29, 1.82) is 0 Å². The molecule has 0 aliphatic carbocycles. The maximum Gasteiger partial charge on any atom is 0.416 e. The van der Waals surface area contributed by atoms with E-state index in [-0.39, 0.29) is 11.5 Å². The summed E-state index contributed by atoms with van der Waals surface area (Å²) >= 11 is 0. The first-order chi connectivity index (χ1) is 14.6. The van der Waals surface area contributed by atoms with Crippen molar-refractivity contribution in [1.82, 2.24) is 20.0 Å². The average Bonchev–Trinajstić information content (AvgIpc) is 3.15. The Bertz CT molecular complexity index is 910. The number of H-pyrrole nitrogens is 1. The highest BCUT2D eigenvalue weighted by molar-refractivity contribution is 5.33. The molecule has 1 unspecified atom stereocenters. The number of alkyl halides is 3. The number of piperidine rings is 1. The van der Waals surface area contributed by atoms with E-state index in [9.17, 15) is 18.3 Å². The summed E-state index contributed by atoms with van der Waals surface area (Å²) < 4.78 is 40.2. The van der Waals surface area contributed by atoms with Crippen LogP contribution in [0, 0.1) is 0 Å². The van der Waals surface area contributed by atoms with Crippen molar-refractivity contribution in [3.63, 3.8) is 0 Å². The van der Waals surface area contributed by atoms with E-state index in [0.717, 1.165) is 36.8 Å². The molecule has 0 radical (unpaired) electrons. The monoisotopic (exact) mass is 436 g/mol. The highest BCUT2D eigenvalue weighted by Gasteiger charge is 2.37. The molecular weight excluding hydrogens is 405 g/mol.